The molecule has 0 amide bonds. The molecule has 0 spiro atoms. The summed E-state index contributed by atoms with van der Waals surface area (Å²) in [5, 5.41) is 0.586. The summed E-state index contributed by atoms with van der Waals surface area (Å²) in [6.07, 6.45) is 1.24. The number of rotatable bonds is 1. The summed E-state index contributed by atoms with van der Waals surface area (Å²) in [4.78, 5) is 12.3. The molecule has 0 aliphatic rings. The lowest BCUT2D eigenvalue weighted by Crippen LogP contribution is -2.27. The average molecular weight is 357 g/mol. The Balaban J connectivity index is 2.46. The van der Waals surface area contributed by atoms with E-state index in [0.29, 0.717) is 10.7 Å². The molecule has 20 heavy (non-hydrogen) atoms. The van der Waals surface area contributed by atoms with Gasteiger partial charge in [-0.2, -0.15) is 0 Å². The van der Waals surface area contributed by atoms with Gasteiger partial charge in [-0.1, -0.05) is 29.8 Å². The smallest absolute Gasteiger partial charge is 0.419 e. The van der Waals surface area contributed by atoms with Crippen LogP contribution in [0.25, 0.3) is 11.3 Å². The standard InChI is InChI=1S/C15H15BrClNO2/c1-15(2,3)20-14(19)18-9-10(16)8-13(18)11-6-4-5-7-12(11)17/h4-9H,1-3H3. The summed E-state index contributed by atoms with van der Waals surface area (Å²) in [5.74, 6) is 0. The number of aromatic nitrogens is 1. The van der Waals surface area contributed by atoms with E-state index in [1.807, 2.05) is 45.0 Å². The van der Waals surface area contributed by atoms with E-state index in [0.717, 1.165) is 10.0 Å². The minimum Gasteiger partial charge on any atom is -0.443 e. The van der Waals surface area contributed by atoms with Crippen LogP contribution < -0.4 is 0 Å². The monoisotopic (exact) mass is 355 g/mol. The van der Waals surface area contributed by atoms with Gasteiger partial charge in [0, 0.05) is 21.3 Å². The van der Waals surface area contributed by atoms with Gasteiger partial charge in [-0.3, -0.25) is 4.57 Å². The molecule has 1 heterocycles. The Kier molecular flexibility index (Phi) is 4.25. The van der Waals surface area contributed by atoms with Gasteiger partial charge in [0.2, 0.25) is 0 Å². The number of nitrogens with zero attached hydrogens (tertiary/aromatic N) is 1. The van der Waals surface area contributed by atoms with Crippen LogP contribution in [0.4, 0.5) is 4.79 Å². The number of carbonyl (C=O) groups excluding carboxylic acids is 1. The second-order valence-electron chi connectivity index (χ2n) is 5.37. The molecule has 2 aromatic rings. The fraction of sp³-hybridized carbons (Fsp3) is 0.267. The number of ether oxygens (including phenoxy) is 1. The number of hydrogen-bond acceptors (Lipinski definition) is 2. The number of carbonyl (C=O) groups is 1. The van der Waals surface area contributed by atoms with Crippen LogP contribution >= 0.6 is 27.5 Å². The first-order valence-corrected chi connectivity index (χ1v) is 7.31. The van der Waals surface area contributed by atoms with Gasteiger partial charge in [-0.05, 0) is 48.8 Å². The Morgan fingerprint density at radius 1 is 1.30 bits per heavy atom. The highest BCUT2D eigenvalue weighted by molar-refractivity contribution is 9.10. The fourth-order valence-electron chi connectivity index (χ4n) is 1.77. The maximum absolute atomic E-state index is 12.3. The van der Waals surface area contributed by atoms with Gasteiger partial charge in [0.05, 0.1) is 5.69 Å². The third-order valence-corrected chi connectivity index (χ3v) is 3.29. The first-order valence-electron chi connectivity index (χ1n) is 6.14. The van der Waals surface area contributed by atoms with E-state index in [9.17, 15) is 4.79 Å². The predicted octanol–water partition coefficient (Wildman–Crippen LogP) is 5.35. The third kappa shape index (κ3) is 3.44. The first kappa shape index (κ1) is 15.1. The first-order chi connectivity index (χ1) is 9.28. The molecule has 1 aromatic carbocycles. The van der Waals surface area contributed by atoms with Crippen molar-refractivity contribution in [3.05, 3.63) is 46.0 Å². The molecule has 0 aliphatic carbocycles. The van der Waals surface area contributed by atoms with Crippen molar-refractivity contribution in [3.63, 3.8) is 0 Å². The van der Waals surface area contributed by atoms with Gasteiger partial charge in [-0.15, -0.1) is 0 Å². The second kappa shape index (κ2) is 5.62. The van der Waals surface area contributed by atoms with Crippen molar-refractivity contribution >= 4 is 33.6 Å². The molecule has 2 rings (SSSR count). The molecule has 0 atom stereocenters. The maximum Gasteiger partial charge on any atom is 0.419 e. The average Bonchev–Trinajstić information content (AvgIpc) is 2.69. The van der Waals surface area contributed by atoms with Crippen molar-refractivity contribution in [2.45, 2.75) is 26.4 Å². The molecule has 106 valence electrons. The SMILES string of the molecule is CC(C)(C)OC(=O)n1cc(Br)cc1-c1ccccc1Cl. The molecule has 0 N–H and O–H groups in total. The molecule has 5 heteroatoms. The summed E-state index contributed by atoms with van der Waals surface area (Å²) in [7, 11) is 0. The summed E-state index contributed by atoms with van der Waals surface area (Å²) in [5.41, 5.74) is 0.924. The van der Waals surface area contributed by atoms with Crippen molar-refractivity contribution in [1.82, 2.24) is 4.57 Å². The number of halogens is 2. The van der Waals surface area contributed by atoms with Gasteiger partial charge in [0.15, 0.2) is 0 Å². The van der Waals surface area contributed by atoms with Gasteiger partial charge < -0.3 is 4.74 Å². The van der Waals surface area contributed by atoms with E-state index in [4.69, 9.17) is 16.3 Å². The quantitative estimate of drug-likeness (QED) is 0.689. The highest BCUT2D eigenvalue weighted by atomic mass is 79.9. The summed E-state index contributed by atoms with van der Waals surface area (Å²) in [6, 6.07) is 9.22. The van der Waals surface area contributed by atoms with E-state index in [1.54, 1.807) is 12.3 Å². The lowest BCUT2D eigenvalue weighted by atomic mass is 10.1. The van der Waals surface area contributed by atoms with Crippen molar-refractivity contribution in [1.29, 1.82) is 0 Å². The summed E-state index contributed by atoms with van der Waals surface area (Å²) < 4.78 is 7.64. The predicted molar refractivity (Wildman–Crippen MR) is 84.2 cm³/mol. The molecule has 0 bridgehead atoms. The number of benzene rings is 1. The van der Waals surface area contributed by atoms with Gasteiger partial charge in [0.25, 0.3) is 0 Å². The Bertz CT molecular complexity index is 644. The number of hydrogen-bond donors (Lipinski definition) is 0. The molecule has 1 aromatic heterocycles. The highest BCUT2D eigenvalue weighted by Crippen LogP contribution is 2.31. The van der Waals surface area contributed by atoms with Crippen molar-refractivity contribution in [2.75, 3.05) is 0 Å². The molecule has 3 nitrogen and oxygen atoms in total. The van der Waals surface area contributed by atoms with Crippen LogP contribution in [0.2, 0.25) is 5.02 Å². The minimum atomic E-state index is -0.550. The van der Waals surface area contributed by atoms with Crippen LogP contribution in [-0.4, -0.2) is 16.3 Å². The van der Waals surface area contributed by atoms with Crippen LogP contribution in [0, 0.1) is 0 Å². The van der Waals surface area contributed by atoms with Crippen molar-refractivity contribution in [3.8, 4) is 11.3 Å². The highest BCUT2D eigenvalue weighted by Gasteiger charge is 2.21. The zero-order valence-corrected chi connectivity index (χ0v) is 13.8. The van der Waals surface area contributed by atoms with Crippen LogP contribution in [0.15, 0.2) is 41.0 Å². The van der Waals surface area contributed by atoms with Gasteiger partial charge >= 0.3 is 6.09 Å². The van der Waals surface area contributed by atoms with Crippen LogP contribution in [0.1, 0.15) is 20.8 Å². The van der Waals surface area contributed by atoms with Crippen molar-refractivity contribution in [2.24, 2.45) is 0 Å². The molecular weight excluding hydrogens is 342 g/mol. The summed E-state index contributed by atoms with van der Waals surface area (Å²) >= 11 is 9.58. The Morgan fingerprint density at radius 3 is 2.55 bits per heavy atom. The zero-order valence-electron chi connectivity index (χ0n) is 11.5. The Hall–Kier alpha value is -1.26. The topological polar surface area (TPSA) is 31.2 Å². The van der Waals surface area contributed by atoms with Crippen LogP contribution in [-0.2, 0) is 4.74 Å². The molecule has 0 unspecified atom stereocenters. The van der Waals surface area contributed by atoms with Crippen LogP contribution in [0.3, 0.4) is 0 Å². The fourth-order valence-corrected chi connectivity index (χ4v) is 2.42. The Morgan fingerprint density at radius 2 is 1.95 bits per heavy atom. The molecule has 0 aliphatic heterocycles. The van der Waals surface area contributed by atoms with Crippen molar-refractivity contribution < 1.29 is 9.53 Å². The maximum atomic E-state index is 12.3. The lowest BCUT2D eigenvalue weighted by molar-refractivity contribution is 0.0540. The third-order valence-electron chi connectivity index (χ3n) is 2.53. The summed E-state index contributed by atoms with van der Waals surface area (Å²) in [6.45, 7) is 5.50. The normalized spacial score (nSPS) is 11.4. The molecule has 0 fully saturated rings. The van der Waals surface area contributed by atoms with E-state index >= 15 is 0 Å². The molecule has 0 radical (unpaired) electrons. The largest absolute Gasteiger partial charge is 0.443 e. The molecule has 0 saturated heterocycles. The van der Waals surface area contributed by atoms with Crippen LogP contribution in [0.5, 0.6) is 0 Å². The second-order valence-corrected chi connectivity index (χ2v) is 6.70. The Labute approximate surface area is 131 Å². The lowest BCUT2D eigenvalue weighted by Gasteiger charge is -2.20. The minimum absolute atomic E-state index is 0.432. The molecule has 0 saturated carbocycles. The van der Waals surface area contributed by atoms with E-state index < -0.39 is 11.7 Å². The zero-order chi connectivity index (χ0) is 14.9. The van der Waals surface area contributed by atoms with E-state index in [-0.39, 0.29) is 0 Å². The van der Waals surface area contributed by atoms with Gasteiger partial charge in [-0.25, -0.2) is 4.79 Å². The van der Waals surface area contributed by atoms with E-state index in [2.05, 4.69) is 15.9 Å². The molecular formula is C15H15BrClNO2. The van der Waals surface area contributed by atoms with Gasteiger partial charge in [0.1, 0.15) is 5.60 Å². The van der Waals surface area contributed by atoms with E-state index in [1.165, 1.54) is 4.57 Å².